The molecule has 1 saturated carbocycles. The van der Waals surface area contributed by atoms with Gasteiger partial charge in [0.05, 0.1) is 42.3 Å². The maximum atomic E-state index is 14.2. The monoisotopic (exact) mass is 551 g/mol. The molecule has 7 rings (SSSR count). The van der Waals surface area contributed by atoms with Crippen LogP contribution in [0.15, 0.2) is 79.0 Å². The SMILES string of the molecule is COc1ccc(CN2C(=O)C3(CCC3)c3cc(-c4ccnn4-c4ccccc4)cc(OC4CCSCC4)c32)cc1. The van der Waals surface area contributed by atoms with Crippen LogP contribution in [0.1, 0.15) is 43.2 Å². The topological polar surface area (TPSA) is 56.6 Å². The van der Waals surface area contributed by atoms with E-state index in [4.69, 9.17) is 9.47 Å². The molecule has 204 valence electrons. The van der Waals surface area contributed by atoms with Gasteiger partial charge in [0.2, 0.25) is 5.91 Å². The fourth-order valence-corrected chi connectivity index (χ4v) is 7.38. The maximum Gasteiger partial charge on any atom is 0.238 e. The molecule has 6 nitrogen and oxygen atoms in total. The highest BCUT2D eigenvalue weighted by Crippen LogP contribution is 2.57. The van der Waals surface area contributed by atoms with E-state index in [2.05, 4.69) is 35.4 Å². The highest BCUT2D eigenvalue weighted by atomic mass is 32.2. The minimum absolute atomic E-state index is 0.149. The Morgan fingerprint density at radius 1 is 1.00 bits per heavy atom. The van der Waals surface area contributed by atoms with Gasteiger partial charge in [-0.1, -0.05) is 36.8 Å². The second-order valence-electron chi connectivity index (χ2n) is 10.9. The maximum absolute atomic E-state index is 14.2. The van der Waals surface area contributed by atoms with Gasteiger partial charge in [0.1, 0.15) is 17.6 Å². The van der Waals surface area contributed by atoms with E-state index in [1.165, 1.54) is 0 Å². The zero-order valence-electron chi connectivity index (χ0n) is 22.7. The molecule has 0 radical (unpaired) electrons. The average molecular weight is 552 g/mol. The van der Waals surface area contributed by atoms with Crippen molar-refractivity contribution >= 4 is 23.4 Å². The molecule has 0 unspecified atom stereocenters. The number of amides is 1. The second-order valence-corrected chi connectivity index (χ2v) is 12.2. The summed E-state index contributed by atoms with van der Waals surface area (Å²) in [6.45, 7) is 0.510. The number of hydrogen-bond donors (Lipinski definition) is 0. The first kappa shape index (κ1) is 25.3. The summed E-state index contributed by atoms with van der Waals surface area (Å²) in [4.78, 5) is 16.2. The van der Waals surface area contributed by atoms with E-state index < -0.39 is 5.41 Å². The fraction of sp³-hybridized carbons (Fsp3) is 0.333. The van der Waals surface area contributed by atoms with Gasteiger partial charge in [-0.15, -0.1) is 0 Å². The van der Waals surface area contributed by atoms with Crippen LogP contribution in [0, 0.1) is 0 Å². The highest BCUT2D eigenvalue weighted by molar-refractivity contribution is 7.99. The molecule has 1 aromatic heterocycles. The lowest BCUT2D eigenvalue weighted by Gasteiger charge is -2.37. The minimum atomic E-state index is -0.476. The van der Waals surface area contributed by atoms with Crippen molar-refractivity contribution in [2.24, 2.45) is 0 Å². The zero-order valence-corrected chi connectivity index (χ0v) is 23.5. The van der Waals surface area contributed by atoms with E-state index in [9.17, 15) is 4.79 Å². The summed E-state index contributed by atoms with van der Waals surface area (Å²) >= 11 is 1.99. The van der Waals surface area contributed by atoms with E-state index in [-0.39, 0.29) is 12.0 Å². The van der Waals surface area contributed by atoms with Crippen LogP contribution in [-0.4, -0.2) is 40.4 Å². The van der Waals surface area contributed by atoms with Crippen molar-refractivity contribution in [1.82, 2.24) is 9.78 Å². The first-order chi connectivity index (χ1) is 19.7. The Morgan fingerprint density at radius 3 is 2.48 bits per heavy atom. The van der Waals surface area contributed by atoms with Gasteiger partial charge in [0, 0.05) is 5.56 Å². The molecule has 3 aromatic carbocycles. The minimum Gasteiger partial charge on any atom is -0.497 e. The molecule has 3 aliphatic rings. The predicted octanol–water partition coefficient (Wildman–Crippen LogP) is 6.79. The van der Waals surface area contributed by atoms with E-state index in [1.54, 1.807) is 7.11 Å². The first-order valence-electron chi connectivity index (χ1n) is 14.1. The van der Waals surface area contributed by atoms with Crippen LogP contribution in [0.25, 0.3) is 16.9 Å². The summed E-state index contributed by atoms with van der Waals surface area (Å²) in [5.74, 6) is 4.03. The van der Waals surface area contributed by atoms with Crippen LogP contribution in [-0.2, 0) is 16.8 Å². The molecular formula is C33H33N3O3S. The van der Waals surface area contributed by atoms with Gasteiger partial charge in [-0.3, -0.25) is 4.79 Å². The van der Waals surface area contributed by atoms with Gasteiger partial charge >= 0.3 is 0 Å². The van der Waals surface area contributed by atoms with Gasteiger partial charge < -0.3 is 14.4 Å². The number of benzene rings is 3. The Hall–Kier alpha value is -3.71. The van der Waals surface area contributed by atoms with E-state index in [0.29, 0.717) is 6.54 Å². The van der Waals surface area contributed by atoms with E-state index >= 15 is 0 Å². The standard InChI is InChI=1S/C33H33N3O3S/c1-38-26-10-8-23(9-11-26)22-35-31-28(33(32(35)37)15-5-16-33)20-24(21-30(31)39-27-13-18-40-19-14-27)29-12-17-34-36(29)25-6-3-2-4-7-25/h2-4,6-12,17,20-21,27H,5,13-16,18-19,22H2,1H3. The number of methoxy groups -OCH3 is 1. The molecule has 40 heavy (non-hydrogen) atoms. The normalized spacial score (nSPS) is 18.0. The summed E-state index contributed by atoms with van der Waals surface area (Å²) in [7, 11) is 1.67. The summed E-state index contributed by atoms with van der Waals surface area (Å²) in [6, 6.07) is 24.6. The molecule has 0 atom stereocenters. The van der Waals surface area contributed by atoms with Crippen molar-refractivity contribution < 1.29 is 14.3 Å². The lowest BCUT2D eigenvalue weighted by molar-refractivity contribution is -0.126. The molecule has 0 N–H and O–H groups in total. The molecular weight excluding hydrogens is 518 g/mol. The first-order valence-corrected chi connectivity index (χ1v) is 15.3. The van der Waals surface area contributed by atoms with Gasteiger partial charge in [-0.05, 0) is 90.8 Å². The number of carbonyl (C=O) groups is 1. The van der Waals surface area contributed by atoms with Crippen molar-refractivity contribution in [1.29, 1.82) is 0 Å². The number of para-hydroxylation sites is 1. The predicted molar refractivity (Wildman–Crippen MR) is 160 cm³/mol. The van der Waals surface area contributed by atoms with Crippen molar-refractivity contribution in [2.75, 3.05) is 23.5 Å². The number of thioether (sulfide) groups is 1. The molecule has 7 heteroatoms. The van der Waals surface area contributed by atoms with Gasteiger partial charge in [0.15, 0.2) is 0 Å². The number of nitrogens with zero attached hydrogens (tertiary/aromatic N) is 3. The quantitative estimate of drug-likeness (QED) is 0.253. The second kappa shape index (κ2) is 10.4. The Morgan fingerprint density at radius 2 is 1.77 bits per heavy atom. The molecule has 2 aliphatic heterocycles. The van der Waals surface area contributed by atoms with Crippen LogP contribution in [0.5, 0.6) is 11.5 Å². The van der Waals surface area contributed by atoms with Crippen LogP contribution in [0.2, 0.25) is 0 Å². The Balaban J connectivity index is 1.36. The molecule has 1 amide bonds. The molecule has 2 fully saturated rings. The number of aromatic nitrogens is 2. The number of carbonyl (C=O) groups excluding carboxylic acids is 1. The molecule has 3 heterocycles. The van der Waals surface area contributed by atoms with Crippen LogP contribution < -0.4 is 14.4 Å². The molecule has 4 aromatic rings. The Bertz CT molecular complexity index is 1520. The lowest BCUT2D eigenvalue weighted by Crippen LogP contribution is -2.44. The number of rotatable bonds is 7. The number of anilines is 1. The van der Waals surface area contributed by atoms with Gasteiger partial charge in [0.25, 0.3) is 0 Å². The summed E-state index contributed by atoms with van der Waals surface area (Å²) in [5, 5.41) is 4.66. The Kier molecular flexibility index (Phi) is 6.54. The third kappa shape index (κ3) is 4.27. The average Bonchev–Trinajstić information content (AvgIpc) is 3.56. The van der Waals surface area contributed by atoms with E-state index in [0.717, 1.165) is 88.9 Å². The van der Waals surface area contributed by atoms with Crippen molar-refractivity contribution in [3.8, 4) is 28.4 Å². The van der Waals surface area contributed by atoms with Crippen molar-refractivity contribution in [3.63, 3.8) is 0 Å². The smallest absolute Gasteiger partial charge is 0.238 e. The number of hydrogen-bond acceptors (Lipinski definition) is 5. The summed E-state index contributed by atoms with van der Waals surface area (Å²) < 4.78 is 14.2. The third-order valence-corrected chi connectivity index (χ3v) is 9.67. The third-order valence-electron chi connectivity index (χ3n) is 8.62. The lowest BCUT2D eigenvalue weighted by atomic mass is 9.65. The molecule has 0 bridgehead atoms. The van der Waals surface area contributed by atoms with Gasteiger partial charge in [-0.25, -0.2) is 4.68 Å². The summed E-state index contributed by atoms with van der Waals surface area (Å²) in [5.41, 5.74) is 5.69. The highest BCUT2D eigenvalue weighted by Gasteiger charge is 2.55. The van der Waals surface area contributed by atoms with Gasteiger partial charge in [-0.2, -0.15) is 16.9 Å². The number of fused-ring (bicyclic) bond motifs is 2. The number of ether oxygens (including phenoxy) is 2. The van der Waals surface area contributed by atoms with Crippen LogP contribution in [0.4, 0.5) is 5.69 Å². The molecule has 1 aliphatic carbocycles. The zero-order chi connectivity index (χ0) is 27.1. The largest absolute Gasteiger partial charge is 0.497 e. The fourth-order valence-electron chi connectivity index (χ4n) is 6.31. The van der Waals surface area contributed by atoms with Crippen LogP contribution in [0.3, 0.4) is 0 Å². The van der Waals surface area contributed by atoms with Crippen molar-refractivity contribution in [3.05, 3.63) is 90.1 Å². The van der Waals surface area contributed by atoms with Crippen LogP contribution >= 0.6 is 11.8 Å². The van der Waals surface area contributed by atoms with E-state index in [1.807, 2.05) is 70.0 Å². The van der Waals surface area contributed by atoms with Crippen molar-refractivity contribution in [2.45, 2.75) is 50.2 Å². The Labute approximate surface area is 239 Å². The molecule has 1 spiro atoms. The molecule has 1 saturated heterocycles. The summed E-state index contributed by atoms with van der Waals surface area (Å²) in [6.07, 6.45) is 6.83.